The second-order valence-corrected chi connectivity index (χ2v) is 4.17. The number of aromatic hydroxyl groups is 1. The van der Waals surface area contributed by atoms with Crippen LogP contribution in [0.4, 0.5) is 5.69 Å². The SMILES string of the molecule is CC(=O)c1ccc(N(C)CC(C)C#N)cc1O. The summed E-state index contributed by atoms with van der Waals surface area (Å²) in [6.07, 6.45) is 0. The van der Waals surface area contributed by atoms with Gasteiger partial charge in [-0.3, -0.25) is 4.79 Å². The van der Waals surface area contributed by atoms with E-state index >= 15 is 0 Å². The van der Waals surface area contributed by atoms with E-state index in [0.29, 0.717) is 12.1 Å². The van der Waals surface area contributed by atoms with Crippen LogP contribution in [0.25, 0.3) is 0 Å². The standard InChI is InChI=1S/C13H16N2O2/c1-9(7-14)8-15(3)11-4-5-12(10(2)16)13(17)6-11/h4-6,9,17H,8H2,1-3H3. The van der Waals surface area contributed by atoms with Crippen molar-refractivity contribution in [2.24, 2.45) is 5.92 Å². The van der Waals surface area contributed by atoms with Gasteiger partial charge in [0, 0.05) is 25.3 Å². The molecule has 1 aromatic carbocycles. The lowest BCUT2D eigenvalue weighted by molar-refractivity contribution is 0.101. The number of nitrogens with zero attached hydrogens (tertiary/aromatic N) is 2. The van der Waals surface area contributed by atoms with E-state index in [1.807, 2.05) is 18.9 Å². The van der Waals surface area contributed by atoms with Crippen LogP contribution < -0.4 is 4.90 Å². The quantitative estimate of drug-likeness (QED) is 0.808. The zero-order valence-electron chi connectivity index (χ0n) is 10.3. The van der Waals surface area contributed by atoms with Gasteiger partial charge in [0.25, 0.3) is 0 Å². The van der Waals surface area contributed by atoms with Crippen LogP contribution in [0.3, 0.4) is 0 Å². The smallest absolute Gasteiger partial charge is 0.163 e. The topological polar surface area (TPSA) is 64.3 Å². The lowest BCUT2D eigenvalue weighted by atomic mass is 10.1. The highest BCUT2D eigenvalue weighted by molar-refractivity contribution is 5.97. The Labute approximate surface area is 101 Å². The van der Waals surface area contributed by atoms with Gasteiger partial charge in [0.05, 0.1) is 17.6 Å². The lowest BCUT2D eigenvalue weighted by Crippen LogP contribution is -2.23. The Morgan fingerprint density at radius 1 is 1.59 bits per heavy atom. The summed E-state index contributed by atoms with van der Waals surface area (Å²) >= 11 is 0. The third-order valence-corrected chi connectivity index (χ3v) is 2.57. The van der Waals surface area contributed by atoms with Crippen molar-refractivity contribution < 1.29 is 9.90 Å². The molecule has 1 atom stereocenters. The summed E-state index contributed by atoms with van der Waals surface area (Å²) in [4.78, 5) is 13.0. The Morgan fingerprint density at radius 3 is 2.71 bits per heavy atom. The molecular weight excluding hydrogens is 216 g/mol. The number of hydrogen-bond donors (Lipinski definition) is 1. The highest BCUT2D eigenvalue weighted by Gasteiger charge is 2.10. The third-order valence-electron chi connectivity index (χ3n) is 2.57. The fraction of sp³-hybridized carbons (Fsp3) is 0.385. The van der Waals surface area contributed by atoms with Crippen molar-refractivity contribution >= 4 is 11.5 Å². The first-order valence-corrected chi connectivity index (χ1v) is 5.40. The summed E-state index contributed by atoms with van der Waals surface area (Å²) in [5.74, 6) is -0.275. The molecule has 0 aliphatic rings. The van der Waals surface area contributed by atoms with E-state index in [2.05, 4.69) is 6.07 Å². The Kier molecular flexibility index (Phi) is 4.11. The maximum absolute atomic E-state index is 11.2. The molecule has 0 spiro atoms. The first kappa shape index (κ1) is 13.0. The molecular formula is C13H16N2O2. The van der Waals surface area contributed by atoms with Crippen LogP contribution in [-0.4, -0.2) is 24.5 Å². The number of phenolic OH excluding ortho intramolecular Hbond substituents is 1. The molecule has 0 amide bonds. The summed E-state index contributed by atoms with van der Waals surface area (Å²) < 4.78 is 0. The van der Waals surface area contributed by atoms with Crippen molar-refractivity contribution in [3.8, 4) is 11.8 Å². The van der Waals surface area contributed by atoms with Crippen LogP contribution in [-0.2, 0) is 0 Å². The van der Waals surface area contributed by atoms with Crippen LogP contribution in [0, 0.1) is 17.2 Å². The van der Waals surface area contributed by atoms with E-state index in [1.54, 1.807) is 18.2 Å². The van der Waals surface area contributed by atoms with E-state index in [4.69, 9.17) is 5.26 Å². The number of anilines is 1. The van der Waals surface area contributed by atoms with Gasteiger partial charge in [0.2, 0.25) is 0 Å². The fourth-order valence-electron chi connectivity index (χ4n) is 1.61. The molecule has 0 fully saturated rings. The summed E-state index contributed by atoms with van der Waals surface area (Å²) in [5.41, 5.74) is 1.10. The summed E-state index contributed by atoms with van der Waals surface area (Å²) in [6.45, 7) is 3.83. The van der Waals surface area contributed by atoms with Crippen LogP contribution in [0.5, 0.6) is 5.75 Å². The molecule has 90 valence electrons. The second kappa shape index (κ2) is 5.35. The molecule has 0 radical (unpaired) electrons. The van der Waals surface area contributed by atoms with Crippen LogP contribution in [0.1, 0.15) is 24.2 Å². The van der Waals surface area contributed by atoms with E-state index in [-0.39, 0.29) is 17.5 Å². The molecule has 0 saturated heterocycles. The minimum atomic E-state index is -0.165. The van der Waals surface area contributed by atoms with Crippen molar-refractivity contribution in [2.75, 3.05) is 18.5 Å². The third kappa shape index (κ3) is 3.22. The lowest BCUT2D eigenvalue weighted by Gasteiger charge is -2.20. The van der Waals surface area contributed by atoms with Crippen LogP contribution in [0.2, 0.25) is 0 Å². The van der Waals surface area contributed by atoms with E-state index < -0.39 is 0 Å². The molecule has 0 aromatic heterocycles. The molecule has 17 heavy (non-hydrogen) atoms. The summed E-state index contributed by atoms with van der Waals surface area (Å²) in [5, 5.41) is 18.4. The highest BCUT2D eigenvalue weighted by Crippen LogP contribution is 2.24. The Balaban J connectivity index is 2.90. The predicted octanol–water partition coefficient (Wildman–Crippen LogP) is 2.19. The minimum absolute atomic E-state index is 0.0218. The van der Waals surface area contributed by atoms with Crippen molar-refractivity contribution in [1.82, 2.24) is 0 Å². The van der Waals surface area contributed by atoms with Gasteiger partial charge in [-0.05, 0) is 26.0 Å². The van der Waals surface area contributed by atoms with Crippen LogP contribution >= 0.6 is 0 Å². The average molecular weight is 232 g/mol. The first-order chi connectivity index (χ1) is 7.95. The molecule has 0 heterocycles. The van der Waals surface area contributed by atoms with E-state index in [0.717, 1.165) is 5.69 Å². The minimum Gasteiger partial charge on any atom is -0.507 e. The number of Topliss-reactive ketones (excluding diaryl/α,β-unsaturated/α-hetero) is 1. The van der Waals surface area contributed by atoms with Gasteiger partial charge >= 0.3 is 0 Å². The molecule has 1 aromatic rings. The van der Waals surface area contributed by atoms with Gasteiger partial charge in [-0.15, -0.1) is 0 Å². The van der Waals surface area contributed by atoms with Gasteiger partial charge in [-0.2, -0.15) is 5.26 Å². The number of rotatable bonds is 4. The largest absolute Gasteiger partial charge is 0.507 e. The molecule has 0 aliphatic carbocycles. The predicted molar refractivity (Wildman–Crippen MR) is 66.2 cm³/mol. The molecule has 4 nitrogen and oxygen atoms in total. The summed E-state index contributed by atoms with van der Waals surface area (Å²) in [6, 6.07) is 7.06. The molecule has 4 heteroatoms. The number of benzene rings is 1. The van der Waals surface area contributed by atoms with E-state index in [1.165, 1.54) is 6.92 Å². The maximum atomic E-state index is 11.2. The number of nitriles is 1. The number of phenols is 1. The van der Waals surface area contributed by atoms with Crippen molar-refractivity contribution in [2.45, 2.75) is 13.8 Å². The number of carbonyl (C=O) groups is 1. The Morgan fingerprint density at radius 2 is 2.24 bits per heavy atom. The fourth-order valence-corrected chi connectivity index (χ4v) is 1.61. The number of carbonyl (C=O) groups excluding carboxylic acids is 1. The monoisotopic (exact) mass is 232 g/mol. The molecule has 0 saturated carbocycles. The number of ketones is 1. The average Bonchev–Trinajstić information content (AvgIpc) is 2.28. The second-order valence-electron chi connectivity index (χ2n) is 4.17. The van der Waals surface area contributed by atoms with E-state index in [9.17, 15) is 9.90 Å². The zero-order valence-corrected chi connectivity index (χ0v) is 10.3. The van der Waals surface area contributed by atoms with Gasteiger partial charge < -0.3 is 10.0 Å². The molecule has 1 N–H and O–H groups in total. The summed E-state index contributed by atoms with van der Waals surface area (Å²) in [7, 11) is 1.84. The molecule has 0 aliphatic heterocycles. The Bertz CT molecular complexity index is 463. The van der Waals surface area contributed by atoms with Crippen molar-refractivity contribution in [1.29, 1.82) is 5.26 Å². The normalized spacial score (nSPS) is 11.6. The van der Waals surface area contributed by atoms with Gasteiger partial charge in [-0.25, -0.2) is 0 Å². The molecule has 1 rings (SSSR count). The Hall–Kier alpha value is -2.02. The number of hydrogen-bond acceptors (Lipinski definition) is 4. The van der Waals surface area contributed by atoms with Crippen LogP contribution in [0.15, 0.2) is 18.2 Å². The molecule has 1 unspecified atom stereocenters. The first-order valence-electron chi connectivity index (χ1n) is 5.40. The zero-order chi connectivity index (χ0) is 13.0. The van der Waals surface area contributed by atoms with Crippen molar-refractivity contribution in [3.05, 3.63) is 23.8 Å². The van der Waals surface area contributed by atoms with Gasteiger partial charge in [0.1, 0.15) is 5.75 Å². The van der Waals surface area contributed by atoms with Crippen molar-refractivity contribution in [3.63, 3.8) is 0 Å². The highest BCUT2D eigenvalue weighted by atomic mass is 16.3. The molecule has 0 bridgehead atoms. The van der Waals surface area contributed by atoms with Gasteiger partial charge in [0.15, 0.2) is 5.78 Å². The maximum Gasteiger partial charge on any atom is 0.163 e. The van der Waals surface area contributed by atoms with Gasteiger partial charge in [-0.1, -0.05) is 0 Å².